The summed E-state index contributed by atoms with van der Waals surface area (Å²) in [5.74, 6) is -1.86. The van der Waals surface area contributed by atoms with Gasteiger partial charge < -0.3 is 10.8 Å². The Kier molecular flexibility index (Phi) is 2.93. The molecule has 92 valence electrons. The molecule has 5 nitrogen and oxygen atoms in total. The molecule has 1 aromatic carbocycles. The van der Waals surface area contributed by atoms with E-state index in [1.807, 2.05) is 0 Å². The van der Waals surface area contributed by atoms with Gasteiger partial charge >= 0.3 is 5.97 Å². The summed E-state index contributed by atoms with van der Waals surface area (Å²) in [5, 5.41) is 9.15. The molecule has 0 radical (unpaired) electrons. The summed E-state index contributed by atoms with van der Waals surface area (Å²) in [6.07, 6.45) is 0. The Balaban J connectivity index is 2.78. The van der Waals surface area contributed by atoms with Gasteiger partial charge in [0.2, 0.25) is 5.95 Å². The Morgan fingerprint density at radius 3 is 2.61 bits per heavy atom. The molecule has 0 spiro atoms. The highest BCUT2D eigenvalue weighted by Gasteiger charge is 2.20. The maximum atomic E-state index is 13.7. The van der Waals surface area contributed by atoms with Crippen LogP contribution in [-0.2, 0) is 0 Å². The van der Waals surface area contributed by atoms with Crippen LogP contribution in [0.25, 0.3) is 11.3 Å². The van der Waals surface area contributed by atoms with E-state index < -0.39 is 11.8 Å². The van der Waals surface area contributed by atoms with Gasteiger partial charge in [0.1, 0.15) is 11.4 Å². The zero-order valence-electron chi connectivity index (χ0n) is 9.51. The lowest BCUT2D eigenvalue weighted by atomic mass is 10.0. The molecule has 18 heavy (non-hydrogen) atoms. The van der Waals surface area contributed by atoms with Gasteiger partial charge in [-0.15, -0.1) is 0 Å². The number of aromatic carboxylic acids is 1. The average Bonchev–Trinajstić information content (AvgIpc) is 2.27. The fourth-order valence-electron chi connectivity index (χ4n) is 1.70. The number of nitrogens with two attached hydrogens (primary N) is 1. The minimum atomic E-state index is -1.22. The van der Waals surface area contributed by atoms with Gasteiger partial charge in [-0.2, -0.15) is 0 Å². The van der Waals surface area contributed by atoms with E-state index in [1.165, 1.54) is 25.1 Å². The lowest BCUT2D eigenvalue weighted by Crippen LogP contribution is -2.10. The lowest BCUT2D eigenvalue weighted by molar-refractivity contribution is 0.0696. The van der Waals surface area contributed by atoms with Gasteiger partial charge in [0, 0.05) is 5.56 Å². The van der Waals surface area contributed by atoms with Crippen molar-refractivity contribution >= 4 is 11.9 Å². The summed E-state index contributed by atoms with van der Waals surface area (Å²) in [5.41, 5.74) is 5.62. The van der Waals surface area contributed by atoms with Crippen molar-refractivity contribution in [3.8, 4) is 11.3 Å². The Morgan fingerprint density at radius 1 is 1.33 bits per heavy atom. The molecule has 0 bridgehead atoms. The fraction of sp³-hybridized carbons (Fsp3) is 0.0833. The summed E-state index contributed by atoms with van der Waals surface area (Å²) in [7, 11) is 0. The van der Waals surface area contributed by atoms with Gasteiger partial charge in [0.25, 0.3) is 0 Å². The van der Waals surface area contributed by atoms with Crippen molar-refractivity contribution in [2.75, 3.05) is 5.73 Å². The molecule has 0 fully saturated rings. The molecule has 0 saturated carbocycles. The highest BCUT2D eigenvalue weighted by Crippen LogP contribution is 2.26. The maximum Gasteiger partial charge on any atom is 0.339 e. The molecule has 0 unspecified atom stereocenters. The van der Waals surface area contributed by atoms with Crippen LogP contribution in [-0.4, -0.2) is 21.0 Å². The molecule has 1 aromatic heterocycles. The number of aromatic nitrogens is 2. The predicted molar refractivity (Wildman–Crippen MR) is 63.5 cm³/mol. The minimum absolute atomic E-state index is 0.00870. The van der Waals surface area contributed by atoms with Gasteiger partial charge in [-0.25, -0.2) is 19.2 Å². The SMILES string of the molecule is Cc1nc(N)nc(-c2ccccc2F)c1C(=O)O. The largest absolute Gasteiger partial charge is 0.478 e. The molecule has 6 heteroatoms. The van der Waals surface area contributed by atoms with Crippen molar-refractivity contribution in [1.82, 2.24) is 9.97 Å². The van der Waals surface area contributed by atoms with Gasteiger partial charge in [-0.3, -0.25) is 0 Å². The van der Waals surface area contributed by atoms with Gasteiger partial charge in [-0.05, 0) is 19.1 Å². The monoisotopic (exact) mass is 247 g/mol. The summed E-state index contributed by atoms with van der Waals surface area (Å²) in [6.45, 7) is 1.49. The molecular weight excluding hydrogens is 237 g/mol. The van der Waals surface area contributed by atoms with E-state index >= 15 is 0 Å². The number of nitrogens with zero attached hydrogens (tertiary/aromatic N) is 2. The van der Waals surface area contributed by atoms with Crippen molar-refractivity contribution in [2.45, 2.75) is 6.92 Å². The molecule has 0 saturated heterocycles. The molecule has 0 atom stereocenters. The highest BCUT2D eigenvalue weighted by atomic mass is 19.1. The van der Waals surface area contributed by atoms with Crippen LogP contribution >= 0.6 is 0 Å². The number of rotatable bonds is 2. The van der Waals surface area contributed by atoms with Crippen molar-refractivity contribution in [3.05, 3.63) is 41.3 Å². The second-order valence-electron chi connectivity index (χ2n) is 3.68. The van der Waals surface area contributed by atoms with E-state index in [1.54, 1.807) is 6.07 Å². The molecule has 3 N–H and O–H groups in total. The van der Waals surface area contributed by atoms with Crippen LogP contribution in [0.2, 0.25) is 0 Å². The minimum Gasteiger partial charge on any atom is -0.478 e. The number of halogens is 1. The number of anilines is 1. The molecule has 0 amide bonds. The molecular formula is C12H10FN3O2. The molecule has 1 heterocycles. The zero-order chi connectivity index (χ0) is 13.3. The number of carbonyl (C=O) groups is 1. The topological polar surface area (TPSA) is 89.1 Å². The van der Waals surface area contributed by atoms with Crippen LogP contribution in [0.4, 0.5) is 10.3 Å². The number of hydrogen-bond acceptors (Lipinski definition) is 4. The van der Waals surface area contributed by atoms with Crippen molar-refractivity contribution in [2.24, 2.45) is 0 Å². The molecule has 2 aromatic rings. The van der Waals surface area contributed by atoms with Gasteiger partial charge in [-0.1, -0.05) is 12.1 Å². The molecule has 0 aliphatic heterocycles. The first-order valence-corrected chi connectivity index (χ1v) is 5.13. The van der Waals surface area contributed by atoms with E-state index in [-0.39, 0.29) is 28.5 Å². The first kappa shape index (κ1) is 12.0. The standard InChI is InChI=1S/C12H10FN3O2/c1-6-9(11(17)18)10(16-12(14)15-6)7-4-2-3-5-8(7)13/h2-5H,1H3,(H,17,18)(H2,14,15,16). The summed E-state index contributed by atoms with van der Waals surface area (Å²) < 4.78 is 13.7. The lowest BCUT2D eigenvalue weighted by Gasteiger charge is -2.09. The number of carboxylic acid groups (broad SMARTS) is 1. The van der Waals surface area contributed by atoms with E-state index in [2.05, 4.69) is 9.97 Å². The van der Waals surface area contributed by atoms with Crippen LogP contribution in [0.15, 0.2) is 24.3 Å². The smallest absolute Gasteiger partial charge is 0.339 e. The number of hydrogen-bond donors (Lipinski definition) is 2. The third-order valence-corrected chi connectivity index (χ3v) is 2.45. The van der Waals surface area contributed by atoms with E-state index in [0.29, 0.717) is 0 Å². The van der Waals surface area contributed by atoms with Crippen molar-refractivity contribution in [1.29, 1.82) is 0 Å². The normalized spacial score (nSPS) is 10.3. The maximum absolute atomic E-state index is 13.7. The van der Waals surface area contributed by atoms with Crippen molar-refractivity contribution < 1.29 is 14.3 Å². The van der Waals surface area contributed by atoms with Crippen molar-refractivity contribution in [3.63, 3.8) is 0 Å². The number of carboxylic acids is 1. The van der Waals surface area contributed by atoms with Gasteiger partial charge in [0.05, 0.1) is 11.4 Å². The van der Waals surface area contributed by atoms with Crippen LogP contribution in [0, 0.1) is 12.7 Å². The fourth-order valence-corrected chi connectivity index (χ4v) is 1.70. The van der Waals surface area contributed by atoms with E-state index in [0.717, 1.165) is 0 Å². The second-order valence-corrected chi connectivity index (χ2v) is 3.68. The van der Waals surface area contributed by atoms with Crippen LogP contribution in [0.3, 0.4) is 0 Å². The van der Waals surface area contributed by atoms with E-state index in [9.17, 15) is 9.18 Å². The summed E-state index contributed by atoms with van der Waals surface area (Å²) in [4.78, 5) is 18.8. The average molecular weight is 247 g/mol. The summed E-state index contributed by atoms with van der Waals surface area (Å²) >= 11 is 0. The zero-order valence-corrected chi connectivity index (χ0v) is 9.51. The Labute approximate surface area is 102 Å². The third-order valence-electron chi connectivity index (χ3n) is 2.45. The Bertz CT molecular complexity index is 629. The van der Waals surface area contributed by atoms with Crippen LogP contribution in [0.5, 0.6) is 0 Å². The Hall–Kier alpha value is -2.50. The summed E-state index contributed by atoms with van der Waals surface area (Å²) in [6, 6.07) is 5.78. The number of aryl methyl sites for hydroxylation is 1. The first-order chi connectivity index (χ1) is 8.50. The molecule has 2 rings (SSSR count). The van der Waals surface area contributed by atoms with Crippen LogP contribution in [0.1, 0.15) is 16.1 Å². The second kappa shape index (κ2) is 4.40. The number of benzene rings is 1. The first-order valence-electron chi connectivity index (χ1n) is 5.13. The number of nitrogen functional groups attached to an aromatic ring is 1. The molecule has 0 aliphatic carbocycles. The van der Waals surface area contributed by atoms with Crippen LogP contribution < -0.4 is 5.73 Å². The quantitative estimate of drug-likeness (QED) is 0.845. The highest BCUT2D eigenvalue weighted by molar-refractivity contribution is 5.96. The van der Waals surface area contributed by atoms with Gasteiger partial charge in [0.15, 0.2) is 0 Å². The van der Waals surface area contributed by atoms with E-state index in [4.69, 9.17) is 10.8 Å². The molecule has 0 aliphatic rings. The third kappa shape index (κ3) is 2.00. The Morgan fingerprint density at radius 2 is 2.00 bits per heavy atom. The predicted octanol–water partition coefficient (Wildman–Crippen LogP) is 1.87.